The number of aromatic amines is 1. The van der Waals surface area contributed by atoms with E-state index in [1.807, 2.05) is 0 Å². The van der Waals surface area contributed by atoms with Crippen LogP contribution in [0.25, 0.3) is 10.2 Å². The largest absolute Gasteiger partial charge is 0.389 e. The van der Waals surface area contributed by atoms with Crippen molar-refractivity contribution in [3.8, 4) is 0 Å². The van der Waals surface area contributed by atoms with Gasteiger partial charge in [-0.05, 0) is 12.5 Å². The van der Waals surface area contributed by atoms with Gasteiger partial charge in [-0.1, -0.05) is 0 Å². The highest BCUT2D eigenvalue weighted by molar-refractivity contribution is 7.20. The minimum absolute atomic E-state index is 0.157. The number of rotatable bonds is 5. The Morgan fingerprint density at radius 1 is 1.62 bits per heavy atom. The summed E-state index contributed by atoms with van der Waals surface area (Å²) in [5, 5.41) is 10.1. The fraction of sp³-hybridized carbons (Fsp3) is 0.462. The molecule has 1 amide bonds. The van der Waals surface area contributed by atoms with Gasteiger partial charge in [0, 0.05) is 20.7 Å². The second-order valence-electron chi connectivity index (χ2n) is 4.76. The molecular weight excluding hydrogens is 294 g/mol. The summed E-state index contributed by atoms with van der Waals surface area (Å²) in [5.41, 5.74) is 0.359. The molecule has 1 unspecified atom stereocenters. The van der Waals surface area contributed by atoms with Gasteiger partial charge in [-0.25, -0.2) is 4.98 Å². The highest BCUT2D eigenvalue weighted by Gasteiger charge is 2.22. The van der Waals surface area contributed by atoms with Crippen LogP contribution in [0.4, 0.5) is 0 Å². The van der Waals surface area contributed by atoms with E-state index in [4.69, 9.17) is 4.74 Å². The van der Waals surface area contributed by atoms with Crippen LogP contribution >= 0.6 is 11.3 Å². The predicted molar refractivity (Wildman–Crippen MR) is 79.8 cm³/mol. The SMILES string of the molecule is COCC(O)CN(C)C(=O)c1sc2nc[nH]c(=O)c2c1C. The second kappa shape index (κ2) is 6.33. The normalized spacial score (nSPS) is 12.6. The van der Waals surface area contributed by atoms with Gasteiger partial charge in [0.2, 0.25) is 0 Å². The number of nitrogens with zero attached hydrogens (tertiary/aromatic N) is 2. The molecule has 2 aromatic heterocycles. The molecule has 2 heterocycles. The zero-order chi connectivity index (χ0) is 15.6. The number of hydrogen-bond acceptors (Lipinski definition) is 6. The first-order chi connectivity index (χ1) is 9.95. The lowest BCUT2D eigenvalue weighted by Gasteiger charge is -2.20. The number of carbonyl (C=O) groups is 1. The molecule has 0 aliphatic heterocycles. The van der Waals surface area contributed by atoms with E-state index in [2.05, 4.69) is 9.97 Å². The first kappa shape index (κ1) is 15.6. The summed E-state index contributed by atoms with van der Waals surface area (Å²) in [6, 6.07) is 0. The van der Waals surface area contributed by atoms with Crippen molar-refractivity contribution in [3.05, 3.63) is 27.1 Å². The lowest BCUT2D eigenvalue weighted by molar-refractivity contribution is 0.0382. The van der Waals surface area contributed by atoms with E-state index >= 15 is 0 Å². The van der Waals surface area contributed by atoms with Crippen molar-refractivity contribution in [1.82, 2.24) is 14.9 Å². The summed E-state index contributed by atoms with van der Waals surface area (Å²) in [7, 11) is 3.09. The lowest BCUT2D eigenvalue weighted by Crippen LogP contribution is -2.36. The standard InChI is InChI=1S/C13H17N3O4S/c1-7-9-11(18)14-6-15-12(9)21-10(7)13(19)16(2)4-8(17)5-20-3/h6,8,17H,4-5H2,1-3H3,(H,14,15,18). The topological polar surface area (TPSA) is 95.5 Å². The molecule has 8 heteroatoms. The van der Waals surface area contributed by atoms with Gasteiger partial charge in [0.25, 0.3) is 11.5 Å². The van der Waals surface area contributed by atoms with E-state index in [0.717, 1.165) is 0 Å². The number of amides is 1. The van der Waals surface area contributed by atoms with Crippen molar-refractivity contribution in [2.75, 3.05) is 27.3 Å². The van der Waals surface area contributed by atoms with Crippen LogP contribution in [-0.4, -0.2) is 59.3 Å². The molecule has 0 aromatic carbocycles. The molecule has 0 radical (unpaired) electrons. The Morgan fingerprint density at radius 3 is 2.95 bits per heavy atom. The van der Waals surface area contributed by atoms with Crippen molar-refractivity contribution < 1.29 is 14.6 Å². The Hall–Kier alpha value is -1.77. The van der Waals surface area contributed by atoms with Gasteiger partial charge in [0.05, 0.1) is 29.3 Å². The third-order valence-electron chi connectivity index (χ3n) is 3.12. The smallest absolute Gasteiger partial charge is 0.264 e. The molecule has 0 saturated carbocycles. The number of aliphatic hydroxyl groups excluding tert-OH is 1. The number of nitrogens with one attached hydrogen (secondary N) is 1. The number of aromatic nitrogens is 2. The Balaban J connectivity index is 2.29. The Kier molecular flexibility index (Phi) is 4.71. The van der Waals surface area contributed by atoms with Crippen molar-refractivity contribution in [3.63, 3.8) is 0 Å². The van der Waals surface area contributed by atoms with Gasteiger partial charge in [0.1, 0.15) is 4.83 Å². The summed E-state index contributed by atoms with van der Waals surface area (Å²) in [6.45, 7) is 2.04. The third kappa shape index (κ3) is 3.12. The molecule has 0 spiro atoms. The first-order valence-corrected chi connectivity index (χ1v) is 7.16. The molecule has 0 saturated heterocycles. The number of methoxy groups -OCH3 is 1. The maximum absolute atomic E-state index is 12.4. The Morgan fingerprint density at radius 2 is 2.33 bits per heavy atom. The molecule has 0 aliphatic carbocycles. The van der Waals surface area contributed by atoms with Crippen LogP contribution in [0, 0.1) is 6.92 Å². The van der Waals surface area contributed by atoms with E-state index in [0.29, 0.717) is 20.7 Å². The quantitative estimate of drug-likeness (QED) is 0.832. The predicted octanol–water partition coefficient (Wildman–Crippen LogP) is 0.372. The van der Waals surface area contributed by atoms with Crippen LogP contribution in [0.15, 0.2) is 11.1 Å². The molecule has 2 aromatic rings. The monoisotopic (exact) mass is 311 g/mol. The summed E-state index contributed by atoms with van der Waals surface area (Å²) in [5.74, 6) is -0.245. The zero-order valence-corrected chi connectivity index (χ0v) is 12.9. The highest BCUT2D eigenvalue weighted by atomic mass is 32.1. The number of thiophene rings is 1. The van der Waals surface area contributed by atoms with Crippen molar-refractivity contribution >= 4 is 27.5 Å². The van der Waals surface area contributed by atoms with E-state index in [-0.39, 0.29) is 24.6 Å². The van der Waals surface area contributed by atoms with Gasteiger partial charge in [-0.3, -0.25) is 9.59 Å². The molecule has 0 bridgehead atoms. The van der Waals surface area contributed by atoms with Gasteiger partial charge < -0.3 is 19.7 Å². The van der Waals surface area contributed by atoms with Gasteiger partial charge >= 0.3 is 0 Å². The summed E-state index contributed by atoms with van der Waals surface area (Å²) < 4.78 is 4.84. The van der Waals surface area contributed by atoms with Crippen LogP contribution in [0.2, 0.25) is 0 Å². The molecule has 0 aliphatic rings. The maximum Gasteiger partial charge on any atom is 0.264 e. The van der Waals surface area contributed by atoms with Crippen molar-refractivity contribution in [1.29, 1.82) is 0 Å². The minimum Gasteiger partial charge on any atom is -0.389 e. The summed E-state index contributed by atoms with van der Waals surface area (Å²) in [4.78, 5) is 33.2. The molecule has 1 atom stereocenters. The molecule has 114 valence electrons. The molecule has 2 rings (SSSR count). The fourth-order valence-corrected chi connectivity index (χ4v) is 3.24. The number of aliphatic hydroxyl groups is 1. The van der Waals surface area contributed by atoms with Crippen LogP contribution in [0.3, 0.4) is 0 Å². The number of likely N-dealkylation sites (N-methyl/N-ethyl adjacent to an activating group) is 1. The molecule has 0 fully saturated rings. The molecule has 2 N–H and O–H groups in total. The van der Waals surface area contributed by atoms with Crippen LogP contribution in [0.1, 0.15) is 15.2 Å². The Bertz CT molecular complexity index is 709. The average Bonchev–Trinajstić information content (AvgIpc) is 2.76. The zero-order valence-electron chi connectivity index (χ0n) is 12.0. The van der Waals surface area contributed by atoms with Crippen LogP contribution in [-0.2, 0) is 4.74 Å². The number of H-pyrrole nitrogens is 1. The van der Waals surface area contributed by atoms with E-state index in [9.17, 15) is 14.7 Å². The van der Waals surface area contributed by atoms with E-state index in [1.165, 1.54) is 29.7 Å². The second-order valence-corrected chi connectivity index (χ2v) is 5.76. The van der Waals surface area contributed by atoms with Crippen molar-refractivity contribution in [2.24, 2.45) is 0 Å². The summed E-state index contributed by atoms with van der Waals surface area (Å²) in [6.07, 6.45) is 0.571. The van der Waals surface area contributed by atoms with E-state index < -0.39 is 6.10 Å². The third-order valence-corrected chi connectivity index (χ3v) is 4.31. The molecule has 21 heavy (non-hydrogen) atoms. The molecule has 7 nitrogen and oxygen atoms in total. The first-order valence-electron chi connectivity index (χ1n) is 6.35. The number of fused-ring (bicyclic) bond motifs is 1. The summed E-state index contributed by atoms with van der Waals surface area (Å²) >= 11 is 1.18. The minimum atomic E-state index is -0.750. The van der Waals surface area contributed by atoms with Crippen LogP contribution in [0.5, 0.6) is 0 Å². The fourth-order valence-electron chi connectivity index (χ4n) is 2.10. The average molecular weight is 311 g/mol. The molecular formula is C13H17N3O4S. The number of hydrogen-bond donors (Lipinski definition) is 2. The van der Waals surface area contributed by atoms with Crippen LogP contribution < -0.4 is 5.56 Å². The van der Waals surface area contributed by atoms with Gasteiger partial charge in [-0.2, -0.15) is 0 Å². The van der Waals surface area contributed by atoms with E-state index in [1.54, 1.807) is 14.0 Å². The highest BCUT2D eigenvalue weighted by Crippen LogP contribution is 2.27. The number of aryl methyl sites for hydroxylation is 1. The lowest BCUT2D eigenvalue weighted by atomic mass is 10.2. The van der Waals surface area contributed by atoms with Gasteiger partial charge in [0.15, 0.2) is 0 Å². The van der Waals surface area contributed by atoms with Crippen molar-refractivity contribution in [2.45, 2.75) is 13.0 Å². The Labute approximate surface area is 125 Å². The maximum atomic E-state index is 12.4. The van der Waals surface area contributed by atoms with Gasteiger partial charge in [-0.15, -0.1) is 11.3 Å². The number of ether oxygens (including phenoxy) is 1. The number of carbonyl (C=O) groups excluding carboxylic acids is 1.